The van der Waals surface area contributed by atoms with Crippen LogP contribution in [0.5, 0.6) is 0 Å². The number of halogens is 2. The number of rotatable bonds is 3. The Morgan fingerprint density at radius 2 is 1.58 bits per heavy atom. The zero-order valence-corrected chi connectivity index (χ0v) is 14.8. The Hall–Kier alpha value is -2.76. The topological polar surface area (TPSA) is 40.6 Å². The highest BCUT2D eigenvalue weighted by Crippen LogP contribution is 2.16. The van der Waals surface area contributed by atoms with Gasteiger partial charge in [0.25, 0.3) is 5.91 Å². The number of carbonyl (C=O) groups is 2. The Morgan fingerprint density at radius 1 is 0.962 bits per heavy atom. The molecule has 6 heteroatoms. The van der Waals surface area contributed by atoms with Crippen LogP contribution in [0, 0.1) is 25.5 Å². The number of amides is 2. The van der Waals surface area contributed by atoms with Crippen LogP contribution < -0.4 is 0 Å². The Morgan fingerprint density at radius 3 is 2.15 bits per heavy atom. The molecule has 1 heterocycles. The Balaban J connectivity index is 1.68. The van der Waals surface area contributed by atoms with E-state index in [2.05, 4.69) is 6.07 Å². The molecule has 0 atom stereocenters. The Labute approximate surface area is 151 Å². The summed E-state index contributed by atoms with van der Waals surface area (Å²) in [7, 11) is 0. The van der Waals surface area contributed by atoms with Crippen LogP contribution in [0.25, 0.3) is 0 Å². The molecule has 0 radical (unpaired) electrons. The van der Waals surface area contributed by atoms with Crippen molar-refractivity contribution in [1.29, 1.82) is 0 Å². The van der Waals surface area contributed by atoms with Crippen LogP contribution in [-0.2, 0) is 11.3 Å². The maximum absolute atomic E-state index is 13.3. The second kappa shape index (κ2) is 7.23. The molecule has 1 aliphatic heterocycles. The molecule has 2 aromatic carbocycles. The van der Waals surface area contributed by atoms with Gasteiger partial charge in [-0.1, -0.05) is 29.3 Å². The molecular formula is C20H20F2N2O2. The first-order valence-electron chi connectivity index (χ1n) is 8.42. The minimum absolute atomic E-state index is 0.0851. The molecule has 0 N–H and O–H groups in total. The van der Waals surface area contributed by atoms with Crippen molar-refractivity contribution < 1.29 is 18.4 Å². The Kier molecular flexibility index (Phi) is 5.02. The predicted molar refractivity (Wildman–Crippen MR) is 93.6 cm³/mol. The number of piperazine rings is 1. The maximum atomic E-state index is 13.3. The van der Waals surface area contributed by atoms with Crippen LogP contribution in [0.1, 0.15) is 27.0 Å². The van der Waals surface area contributed by atoms with E-state index in [0.29, 0.717) is 25.7 Å². The van der Waals surface area contributed by atoms with Crippen molar-refractivity contribution in [2.45, 2.75) is 20.4 Å². The molecule has 0 spiro atoms. The van der Waals surface area contributed by atoms with Gasteiger partial charge in [0.05, 0.1) is 0 Å². The van der Waals surface area contributed by atoms with Gasteiger partial charge in [0.1, 0.15) is 18.2 Å². The first kappa shape index (κ1) is 18.0. The largest absolute Gasteiger partial charge is 0.335 e. The number of nitrogens with zero attached hydrogens (tertiary/aromatic N) is 2. The fraction of sp³-hybridized carbons (Fsp3) is 0.300. The smallest absolute Gasteiger partial charge is 0.254 e. The summed E-state index contributed by atoms with van der Waals surface area (Å²) in [5, 5.41) is 0. The number of hydrogen-bond acceptors (Lipinski definition) is 2. The first-order valence-corrected chi connectivity index (χ1v) is 8.42. The first-order chi connectivity index (χ1) is 12.3. The highest BCUT2D eigenvalue weighted by atomic mass is 19.1. The molecule has 1 saturated heterocycles. The normalized spacial score (nSPS) is 14.7. The van der Waals surface area contributed by atoms with Crippen molar-refractivity contribution in [3.8, 4) is 0 Å². The van der Waals surface area contributed by atoms with Crippen LogP contribution in [0.4, 0.5) is 8.78 Å². The second-order valence-corrected chi connectivity index (χ2v) is 6.70. The van der Waals surface area contributed by atoms with Crippen molar-refractivity contribution in [3.63, 3.8) is 0 Å². The van der Waals surface area contributed by atoms with Gasteiger partial charge in [-0.3, -0.25) is 9.59 Å². The molecule has 1 aliphatic rings. The summed E-state index contributed by atoms with van der Waals surface area (Å²) in [4.78, 5) is 27.9. The van der Waals surface area contributed by atoms with Crippen molar-refractivity contribution in [2.24, 2.45) is 0 Å². The lowest BCUT2D eigenvalue weighted by Crippen LogP contribution is -2.51. The van der Waals surface area contributed by atoms with Gasteiger partial charge in [0.15, 0.2) is 0 Å². The van der Waals surface area contributed by atoms with Crippen LogP contribution in [-0.4, -0.2) is 41.2 Å². The lowest BCUT2D eigenvalue weighted by molar-refractivity contribution is -0.135. The van der Waals surface area contributed by atoms with E-state index in [4.69, 9.17) is 0 Å². The van der Waals surface area contributed by atoms with Gasteiger partial charge in [-0.2, -0.15) is 0 Å². The van der Waals surface area contributed by atoms with E-state index in [1.165, 1.54) is 4.90 Å². The van der Waals surface area contributed by atoms with E-state index in [9.17, 15) is 18.4 Å². The van der Waals surface area contributed by atoms with Gasteiger partial charge >= 0.3 is 0 Å². The van der Waals surface area contributed by atoms with E-state index >= 15 is 0 Å². The number of carbonyl (C=O) groups excluding carboxylic acids is 2. The minimum Gasteiger partial charge on any atom is -0.335 e. The summed E-state index contributed by atoms with van der Waals surface area (Å²) >= 11 is 0. The average molecular weight is 358 g/mol. The average Bonchev–Trinajstić information content (AvgIpc) is 2.54. The molecule has 1 fully saturated rings. The number of aryl methyl sites for hydroxylation is 2. The molecule has 0 unspecified atom stereocenters. The van der Waals surface area contributed by atoms with E-state index in [1.54, 1.807) is 4.90 Å². The number of hydrogen-bond donors (Lipinski definition) is 0. The fourth-order valence-electron chi connectivity index (χ4n) is 3.29. The van der Waals surface area contributed by atoms with Crippen LogP contribution in [0.2, 0.25) is 0 Å². The molecule has 2 amide bonds. The van der Waals surface area contributed by atoms with Crippen molar-refractivity contribution >= 4 is 11.8 Å². The summed E-state index contributed by atoms with van der Waals surface area (Å²) in [5.74, 6) is -2.34. The fourth-order valence-corrected chi connectivity index (χ4v) is 3.29. The van der Waals surface area contributed by atoms with Crippen molar-refractivity contribution in [3.05, 3.63) is 70.3 Å². The summed E-state index contributed by atoms with van der Waals surface area (Å²) in [6.07, 6.45) is 0. The van der Waals surface area contributed by atoms with Gasteiger partial charge in [0.2, 0.25) is 5.91 Å². The van der Waals surface area contributed by atoms with E-state index in [0.717, 1.165) is 28.8 Å². The third-order valence-electron chi connectivity index (χ3n) is 4.37. The summed E-state index contributed by atoms with van der Waals surface area (Å²) in [5.41, 5.74) is 3.23. The van der Waals surface area contributed by atoms with E-state index in [-0.39, 0.29) is 18.0 Å². The lowest BCUT2D eigenvalue weighted by Gasteiger charge is -2.34. The molecule has 2 aromatic rings. The van der Waals surface area contributed by atoms with Gasteiger partial charge in [-0.05, 0) is 31.5 Å². The molecule has 0 bridgehead atoms. The summed E-state index contributed by atoms with van der Waals surface area (Å²) < 4.78 is 26.6. The zero-order valence-electron chi connectivity index (χ0n) is 14.8. The van der Waals surface area contributed by atoms with Crippen molar-refractivity contribution in [2.75, 3.05) is 19.6 Å². The van der Waals surface area contributed by atoms with Crippen LogP contribution in [0.15, 0.2) is 36.4 Å². The SMILES string of the molecule is Cc1cc(C)cc(CN2CCN(C(=O)c3cc(F)cc(F)c3)CC2=O)c1. The molecule has 3 rings (SSSR count). The zero-order chi connectivity index (χ0) is 18.8. The van der Waals surface area contributed by atoms with Crippen molar-refractivity contribution in [1.82, 2.24) is 9.80 Å². The maximum Gasteiger partial charge on any atom is 0.254 e. The molecule has 4 nitrogen and oxygen atoms in total. The van der Waals surface area contributed by atoms with Gasteiger partial charge < -0.3 is 9.80 Å². The monoisotopic (exact) mass is 358 g/mol. The summed E-state index contributed by atoms with van der Waals surface area (Å²) in [6.45, 7) is 5.11. The van der Waals surface area contributed by atoms with Crippen LogP contribution in [0.3, 0.4) is 0 Å². The summed E-state index contributed by atoms with van der Waals surface area (Å²) in [6, 6.07) is 8.82. The molecule has 0 saturated carbocycles. The quantitative estimate of drug-likeness (QED) is 0.846. The lowest BCUT2D eigenvalue weighted by atomic mass is 10.1. The predicted octanol–water partition coefficient (Wildman–Crippen LogP) is 3.07. The van der Waals surface area contributed by atoms with Gasteiger partial charge in [-0.15, -0.1) is 0 Å². The van der Waals surface area contributed by atoms with Crippen LogP contribution >= 0.6 is 0 Å². The van der Waals surface area contributed by atoms with Gasteiger partial charge in [-0.25, -0.2) is 8.78 Å². The second-order valence-electron chi connectivity index (χ2n) is 6.70. The highest BCUT2D eigenvalue weighted by molar-refractivity contribution is 5.97. The van der Waals surface area contributed by atoms with E-state index < -0.39 is 17.5 Å². The van der Waals surface area contributed by atoms with E-state index in [1.807, 2.05) is 26.0 Å². The molecule has 0 aromatic heterocycles. The standard InChI is InChI=1S/C20H20F2N2O2/c1-13-5-14(2)7-15(6-13)11-23-3-4-24(12-19(23)25)20(26)16-8-17(21)10-18(22)9-16/h5-10H,3-4,11-12H2,1-2H3. The van der Waals surface area contributed by atoms with Gasteiger partial charge in [0, 0.05) is 31.3 Å². The highest BCUT2D eigenvalue weighted by Gasteiger charge is 2.28. The minimum atomic E-state index is -0.812. The Bertz CT molecular complexity index is 826. The molecule has 0 aliphatic carbocycles. The molecule has 26 heavy (non-hydrogen) atoms. The third kappa shape index (κ3) is 4.07. The third-order valence-corrected chi connectivity index (χ3v) is 4.37. The number of benzene rings is 2. The molecular weight excluding hydrogens is 338 g/mol. The molecule has 136 valence electrons.